The van der Waals surface area contributed by atoms with Crippen LogP contribution in [0.25, 0.3) is 10.2 Å². The van der Waals surface area contributed by atoms with Gasteiger partial charge in [-0.05, 0) is 43.6 Å². The van der Waals surface area contributed by atoms with E-state index in [-0.39, 0.29) is 16.8 Å². The lowest BCUT2D eigenvalue weighted by atomic mass is 9.97. The number of thiophene rings is 1. The summed E-state index contributed by atoms with van der Waals surface area (Å²) in [5, 5.41) is 1.46. The van der Waals surface area contributed by atoms with Crippen LogP contribution in [0.5, 0.6) is 0 Å². The monoisotopic (exact) mass is 460 g/mol. The minimum atomic E-state index is -0.352. The third kappa shape index (κ3) is 4.17. The molecule has 0 saturated carbocycles. The average Bonchev–Trinajstić information content (AvgIpc) is 3.11. The van der Waals surface area contributed by atoms with Crippen molar-refractivity contribution in [2.75, 3.05) is 0 Å². The Balaban J connectivity index is 1.77. The molecule has 1 aliphatic carbocycles. The van der Waals surface area contributed by atoms with Crippen LogP contribution in [-0.2, 0) is 39.2 Å². The number of thioether (sulfide) groups is 1. The van der Waals surface area contributed by atoms with E-state index >= 15 is 0 Å². The number of aryl methyl sites for hydroxylation is 2. The molecule has 0 atom stereocenters. The highest BCUT2D eigenvalue weighted by atomic mass is 32.2. The highest BCUT2D eigenvalue weighted by Gasteiger charge is 2.22. The van der Waals surface area contributed by atoms with Crippen molar-refractivity contribution < 1.29 is 0 Å². The summed E-state index contributed by atoms with van der Waals surface area (Å²) >= 11 is 3.06. The largest absolute Gasteiger partial charge is 0.330 e. The Kier molecular flexibility index (Phi) is 6.25. The van der Waals surface area contributed by atoms with E-state index in [1.165, 1.54) is 46.3 Å². The number of hydrogen-bond donors (Lipinski definition) is 0. The highest BCUT2D eigenvalue weighted by molar-refractivity contribution is 7.98. The first-order valence-electron chi connectivity index (χ1n) is 10.7. The molecule has 0 spiro atoms. The van der Waals surface area contributed by atoms with Crippen molar-refractivity contribution in [2.24, 2.45) is 20.0 Å². The molecule has 31 heavy (non-hydrogen) atoms. The summed E-state index contributed by atoms with van der Waals surface area (Å²) in [6.45, 7) is 4.90. The second kappa shape index (κ2) is 8.78. The predicted molar refractivity (Wildman–Crippen MR) is 126 cm³/mol. The number of rotatable bonds is 6. The maximum absolute atomic E-state index is 13.5. The Morgan fingerprint density at radius 2 is 1.87 bits per heavy atom. The third-order valence-electron chi connectivity index (χ3n) is 5.94. The van der Waals surface area contributed by atoms with Crippen LogP contribution < -0.4 is 16.8 Å². The Labute approximate surface area is 188 Å². The van der Waals surface area contributed by atoms with Crippen molar-refractivity contribution in [1.82, 2.24) is 18.7 Å². The number of fused-ring (bicyclic) bond motifs is 3. The molecule has 3 heterocycles. The van der Waals surface area contributed by atoms with E-state index in [0.29, 0.717) is 29.1 Å². The fourth-order valence-electron chi connectivity index (χ4n) is 3.97. The van der Waals surface area contributed by atoms with E-state index in [4.69, 9.17) is 4.98 Å². The van der Waals surface area contributed by atoms with E-state index in [9.17, 15) is 14.4 Å². The molecule has 166 valence electrons. The summed E-state index contributed by atoms with van der Waals surface area (Å²) in [7, 11) is 3.13. The third-order valence-corrected chi connectivity index (χ3v) is 8.14. The van der Waals surface area contributed by atoms with Gasteiger partial charge < -0.3 is 0 Å². The maximum Gasteiger partial charge on any atom is 0.330 e. The Morgan fingerprint density at radius 3 is 2.61 bits per heavy atom. The molecule has 0 unspecified atom stereocenters. The van der Waals surface area contributed by atoms with Gasteiger partial charge in [-0.25, -0.2) is 9.78 Å². The summed E-state index contributed by atoms with van der Waals surface area (Å²) in [6.07, 6.45) is 5.16. The van der Waals surface area contributed by atoms with E-state index in [1.54, 1.807) is 23.0 Å². The average molecular weight is 461 g/mol. The van der Waals surface area contributed by atoms with Gasteiger partial charge in [-0.2, -0.15) is 0 Å². The Hall–Kier alpha value is -2.13. The summed E-state index contributed by atoms with van der Waals surface area (Å²) < 4.78 is 4.37. The SMILES string of the molecule is CC(C)CCn1c(SCc2cc(=O)n(C)c(=O)n2C)nc2sc3c(c2c1=O)CCCC3. The van der Waals surface area contributed by atoms with Gasteiger partial charge in [0.05, 0.1) is 5.39 Å². The normalized spacial score (nSPS) is 13.8. The molecule has 0 N–H and O–H groups in total. The number of nitrogens with zero attached hydrogens (tertiary/aromatic N) is 4. The summed E-state index contributed by atoms with van der Waals surface area (Å²) in [5.74, 6) is 0.863. The lowest BCUT2D eigenvalue weighted by Crippen LogP contribution is -2.37. The van der Waals surface area contributed by atoms with Crippen molar-refractivity contribution in [2.45, 2.75) is 63.4 Å². The standard InChI is InChI=1S/C22H28N4O3S2/c1-13(2)9-10-26-20(28)18-15-7-5-6-8-16(15)31-19(18)23-21(26)30-12-14-11-17(27)25(4)22(29)24(14)3/h11,13H,5-10,12H2,1-4H3. The van der Waals surface area contributed by atoms with Crippen molar-refractivity contribution in [3.8, 4) is 0 Å². The highest BCUT2D eigenvalue weighted by Crippen LogP contribution is 2.35. The molecule has 0 amide bonds. The molecular weight excluding hydrogens is 432 g/mol. The zero-order valence-electron chi connectivity index (χ0n) is 18.4. The van der Waals surface area contributed by atoms with E-state index in [0.717, 1.165) is 40.5 Å². The molecule has 4 rings (SSSR count). The smallest absolute Gasteiger partial charge is 0.300 e. The van der Waals surface area contributed by atoms with E-state index < -0.39 is 0 Å². The first-order valence-corrected chi connectivity index (χ1v) is 12.5. The molecule has 9 heteroatoms. The first kappa shape index (κ1) is 22.1. The second-order valence-electron chi connectivity index (χ2n) is 8.59. The molecule has 0 bridgehead atoms. The van der Waals surface area contributed by atoms with Crippen LogP contribution in [0.15, 0.2) is 25.6 Å². The number of hydrogen-bond acceptors (Lipinski definition) is 6. The molecule has 7 nitrogen and oxygen atoms in total. The van der Waals surface area contributed by atoms with Gasteiger partial charge in [-0.1, -0.05) is 25.6 Å². The van der Waals surface area contributed by atoms with E-state index in [2.05, 4.69) is 13.8 Å². The molecule has 0 aromatic carbocycles. The van der Waals surface area contributed by atoms with Crippen LogP contribution in [-0.4, -0.2) is 18.7 Å². The Morgan fingerprint density at radius 1 is 1.13 bits per heavy atom. The summed E-state index contributed by atoms with van der Waals surface area (Å²) in [5.41, 5.74) is 1.19. The van der Waals surface area contributed by atoms with Crippen LogP contribution in [0.2, 0.25) is 0 Å². The van der Waals surface area contributed by atoms with Crippen molar-refractivity contribution >= 4 is 33.3 Å². The molecule has 3 aromatic heterocycles. The van der Waals surface area contributed by atoms with Crippen LogP contribution >= 0.6 is 23.1 Å². The zero-order chi connectivity index (χ0) is 22.3. The second-order valence-corrected chi connectivity index (χ2v) is 10.6. The topological polar surface area (TPSA) is 78.9 Å². The minimum Gasteiger partial charge on any atom is -0.300 e. The van der Waals surface area contributed by atoms with Gasteiger partial charge in [0.25, 0.3) is 11.1 Å². The quantitative estimate of drug-likeness (QED) is 0.417. The van der Waals surface area contributed by atoms with Crippen molar-refractivity contribution in [1.29, 1.82) is 0 Å². The van der Waals surface area contributed by atoms with Crippen LogP contribution in [0, 0.1) is 5.92 Å². The minimum absolute atomic E-state index is 0.0467. The lowest BCUT2D eigenvalue weighted by Gasteiger charge is -2.15. The fraction of sp³-hybridized carbons (Fsp3) is 0.545. The van der Waals surface area contributed by atoms with Gasteiger partial charge in [-0.15, -0.1) is 11.3 Å². The van der Waals surface area contributed by atoms with Gasteiger partial charge >= 0.3 is 5.69 Å². The predicted octanol–water partition coefficient (Wildman–Crippen LogP) is 3.07. The molecule has 0 radical (unpaired) electrons. The van der Waals surface area contributed by atoms with Gasteiger partial charge in [0.15, 0.2) is 5.16 Å². The fourth-order valence-corrected chi connectivity index (χ4v) is 6.32. The van der Waals surface area contributed by atoms with Gasteiger partial charge in [0.2, 0.25) is 0 Å². The van der Waals surface area contributed by atoms with Crippen molar-refractivity contribution in [3.05, 3.63) is 53.4 Å². The molecule has 0 saturated heterocycles. The first-order chi connectivity index (χ1) is 14.8. The summed E-state index contributed by atoms with van der Waals surface area (Å²) in [6, 6.07) is 1.48. The van der Waals surface area contributed by atoms with Crippen LogP contribution in [0.1, 0.15) is 49.2 Å². The lowest BCUT2D eigenvalue weighted by molar-refractivity contribution is 0.481. The zero-order valence-corrected chi connectivity index (χ0v) is 20.1. The summed E-state index contributed by atoms with van der Waals surface area (Å²) in [4.78, 5) is 44.9. The van der Waals surface area contributed by atoms with Gasteiger partial charge in [-0.3, -0.25) is 23.3 Å². The molecule has 3 aromatic rings. The molecule has 1 aliphatic rings. The molecule has 0 aliphatic heterocycles. The Bertz CT molecular complexity index is 1310. The maximum atomic E-state index is 13.5. The van der Waals surface area contributed by atoms with Gasteiger partial charge in [0, 0.05) is 43.0 Å². The molecule has 0 fully saturated rings. The van der Waals surface area contributed by atoms with Crippen LogP contribution in [0.3, 0.4) is 0 Å². The van der Waals surface area contributed by atoms with Crippen molar-refractivity contribution in [3.63, 3.8) is 0 Å². The van der Waals surface area contributed by atoms with E-state index in [1.807, 2.05) is 0 Å². The van der Waals surface area contributed by atoms with Crippen LogP contribution in [0.4, 0.5) is 0 Å². The molecular formula is C22H28N4O3S2. The van der Waals surface area contributed by atoms with Gasteiger partial charge in [0.1, 0.15) is 4.83 Å². The number of aromatic nitrogens is 4.